The van der Waals surface area contributed by atoms with Crippen molar-refractivity contribution >= 4 is 28.9 Å². The van der Waals surface area contributed by atoms with Crippen LogP contribution in [0.25, 0.3) is 11.0 Å². The van der Waals surface area contributed by atoms with Crippen molar-refractivity contribution in [3.05, 3.63) is 23.8 Å². The number of carbonyl (C=O) groups excluding carboxylic acids is 3. The van der Waals surface area contributed by atoms with Gasteiger partial charge < -0.3 is 10.1 Å². The van der Waals surface area contributed by atoms with Crippen LogP contribution in [-0.2, 0) is 16.1 Å². The van der Waals surface area contributed by atoms with E-state index in [0.717, 1.165) is 5.52 Å². The quantitative estimate of drug-likeness (QED) is 0.772. The summed E-state index contributed by atoms with van der Waals surface area (Å²) >= 11 is 0. The van der Waals surface area contributed by atoms with E-state index in [2.05, 4.69) is 15.6 Å². The molecule has 9 nitrogen and oxygen atoms in total. The Morgan fingerprint density at radius 3 is 2.77 bits per heavy atom. The summed E-state index contributed by atoms with van der Waals surface area (Å²) in [6.45, 7) is 2.05. The van der Waals surface area contributed by atoms with Gasteiger partial charge in [-0.3, -0.25) is 10.1 Å². The van der Waals surface area contributed by atoms with Crippen LogP contribution in [0.5, 0.6) is 0 Å². The molecule has 0 aliphatic rings. The minimum Gasteiger partial charge on any atom is -0.452 e. The highest BCUT2D eigenvalue weighted by Crippen LogP contribution is 2.14. The summed E-state index contributed by atoms with van der Waals surface area (Å²) in [5.74, 6) is -1.40. The summed E-state index contributed by atoms with van der Waals surface area (Å²) in [6, 6.07) is 4.14. The van der Waals surface area contributed by atoms with Crippen LogP contribution in [0.3, 0.4) is 0 Å². The van der Waals surface area contributed by atoms with Gasteiger partial charge in [0.2, 0.25) is 0 Å². The normalized spacial score (nSPS) is 10.3. The number of urea groups is 1. The van der Waals surface area contributed by atoms with Gasteiger partial charge in [-0.2, -0.15) is 0 Å². The van der Waals surface area contributed by atoms with Gasteiger partial charge in [-0.15, -0.1) is 5.10 Å². The molecule has 0 unspecified atom stereocenters. The SMILES string of the molecule is CCn1nnc2cc(C(=O)OCC(=O)NC(=O)NC)ccc21. The average molecular weight is 305 g/mol. The summed E-state index contributed by atoms with van der Waals surface area (Å²) in [7, 11) is 1.37. The van der Waals surface area contributed by atoms with Gasteiger partial charge in [-0.25, -0.2) is 14.3 Å². The van der Waals surface area contributed by atoms with Crippen LogP contribution in [0, 0.1) is 0 Å². The van der Waals surface area contributed by atoms with Crippen molar-refractivity contribution in [1.29, 1.82) is 0 Å². The second-order valence-electron chi connectivity index (χ2n) is 4.31. The zero-order chi connectivity index (χ0) is 16.1. The van der Waals surface area contributed by atoms with Crippen LogP contribution in [0.15, 0.2) is 18.2 Å². The number of hydrogen-bond donors (Lipinski definition) is 2. The predicted octanol–water partition coefficient (Wildman–Crippen LogP) is 0.0636. The minimum absolute atomic E-state index is 0.253. The van der Waals surface area contributed by atoms with E-state index in [4.69, 9.17) is 4.74 Å². The summed E-state index contributed by atoms with van der Waals surface area (Å²) in [6.07, 6.45) is 0. The van der Waals surface area contributed by atoms with Crippen molar-refractivity contribution in [3.8, 4) is 0 Å². The maximum absolute atomic E-state index is 11.9. The van der Waals surface area contributed by atoms with E-state index in [1.165, 1.54) is 13.1 Å². The van der Waals surface area contributed by atoms with Crippen molar-refractivity contribution in [2.45, 2.75) is 13.5 Å². The van der Waals surface area contributed by atoms with Crippen molar-refractivity contribution in [2.24, 2.45) is 0 Å². The van der Waals surface area contributed by atoms with Gasteiger partial charge in [0.05, 0.1) is 11.1 Å². The number of carbonyl (C=O) groups is 3. The number of ether oxygens (including phenoxy) is 1. The van der Waals surface area contributed by atoms with Gasteiger partial charge >= 0.3 is 12.0 Å². The Morgan fingerprint density at radius 2 is 2.09 bits per heavy atom. The molecule has 0 aliphatic heterocycles. The van der Waals surface area contributed by atoms with Gasteiger partial charge in [0.1, 0.15) is 5.52 Å². The van der Waals surface area contributed by atoms with Gasteiger partial charge in [0.25, 0.3) is 5.91 Å². The molecule has 0 radical (unpaired) electrons. The van der Waals surface area contributed by atoms with E-state index in [9.17, 15) is 14.4 Å². The van der Waals surface area contributed by atoms with E-state index in [1.807, 2.05) is 12.2 Å². The molecule has 1 heterocycles. The van der Waals surface area contributed by atoms with E-state index < -0.39 is 24.5 Å². The molecule has 0 saturated carbocycles. The molecule has 0 bridgehead atoms. The first kappa shape index (κ1) is 15.4. The van der Waals surface area contributed by atoms with E-state index >= 15 is 0 Å². The molecule has 0 saturated heterocycles. The molecule has 1 aromatic heterocycles. The molecule has 116 valence electrons. The highest BCUT2D eigenvalue weighted by Gasteiger charge is 2.13. The summed E-state index contributed by atoms with van der Waals surface area (Å²) < 4.78 is 6.53. The number of esters is 1. The van der Waals surface area contributed by atoms with Crippen molar-refractivity contribution in [1.82, 2.24) is 25.6 Å². The van der Waals surface area contributed by atoms with Gasteiger partial charge in [-0.05, 0) is 25.1 Å². The topological polar surface area (TPSA) is 115 Å². The Kier molecular flexibility index (Phi) is 4.66. The highest BCUT2D eigenvalue weighted by molar-refractivity contribution is 5.97. The van der Waals surface area contributed by atoms with Gasteiger partial charge in [0.15, 0.2) is 6.61 Å². The van der Waals surface area contributed by atoms with Crippen LogP contribution in [-0.4, -0.2) is 46.6 Å². The smallest absolute Gasteiger partial charge is 0.338 e. The Balaban J connectivity index is 2.01. The number of hydrogen-bond acceptors (Lipinski definition) is 6. The molecule has 0 fully saturated rings. The van der Waals surface area contributed by atoms with Crippen LogP contribution in [0.2, 0.25) is 0 Å². The zero-order valence-corrected chi connectivity index (χ0v) is 12.1. The summed E-state index contributed by atoms with van der Waals surface area (Å²) in [5.41, 5.74) is 1.62. The number of nitrogens with zero attached hydrogens (tertiary/aromatic N) is 3. The molecule has 3 amide bonds. The van der Waals surface area contributed by atoms with Crippen molar-refractivity contribution < 1.29 is 19.1 Å². The molecule has 22 heavy (non-hydrogen) atoms. The average Bonchev–Trinajstić information content (AvgIpc) is 2.94. The first-order valence-corrected chi connectivity index (χ1v) is 6.57. The molecule has 1 aromatic carbocycles. The molecule has 2 N–H and O–H groups in total. The third kappa shape index (κ3) is 3.37. The Bertz CT molecular complexity index is 724. The van der Waals surface area contributed by atoms with E-state index in [1.54, 1.807) is 16.8 Å². The zero-order valence-electron chi connectivity index (χ0n) is 12.1. The Hall–Kier alpha value is -2.97. The Morgan fingerprint density at radius 1 is 1.32 bits per heavy atom. The fourth-order valence-corrected chi connectivity index (χ4v) is 1.77. The lowest BCUT2D eigenvalue weighted by Gasteiger charge is -2.05. The lowest BCUT2D eigenvalue weighted by molar-refractivity contribution is -0.123. The molecule has 2 aromatic rings. The highest BCUT2D eigenvalue weighted by atomic mass is 16.5. The molecule has 0 spiro atoms. The largest absolute Gasteiger partial charge is 0.452 e. The molecule has 2 rings (SSSR count). The van der Waals surface area contributed by atoms with Crippen LogP contribution < -0.4 is 10.6 Å². The fourth-order valence-electron chi connectivity index (χ4n) is 1.77. The van der Waals surface area contributed by atoms with Crippen LogP contribution in [0.1, 0.15) is 17.3 Å². The number of rotatable bonds is 4. The lowest BCUT2D eigenvalue weighted by atomic mass is 10.2. The molecular weight excluding hydrogens is 290 g/mol. The monoisotopic (exact) mass is 305 g/mol. The number of aryl methyl sites for hydroxylation is 1. The van der Waals surface area contributed by atoms with Gasteiger partial charge in [-0.1, -0.05) is 5.21 Å². The fraction of sp³-hybridized carbons (Fsp3) is 0.308. The first-order valence-electron chi connectivity index (χ1n) is 6.57. The third-order valence-corrected chi connectivity index (χ3v) is 2.86. The van der Waals surface area contributed by atoms with E-state index in [0.29, 0.717) is 12.1 Å². The van der Waals surface area contributed by atoms with Crippen LogP contribution >= 0.6 is 0 Å². The summed E-state index contributed by atoms with van der Waals surface area (Å²) in [4.78, 5) is 34.1. The molecule has 0 aliphatic carbocycles. The number of fused-ring (bicyclic) bond motifs is 1. The number of aromatic nitrogens is 3. The third-order valence-electron chi connectivity index (χ3n) is 2.86. The number of nitrogens with one attached hydrogen (secondary N) is 2. The number of amides is 3. The van der Waals surface area contributed by atoms with E-state index in [-0.39, 0.29) is 5.56 Å². The molecule has 0 atom stereocenters. The predicted molar refractivity (Wildman–Crippen MR) is 76.1 cm³/mol. The maximum atomic E-state index is 11.9. The standard InChI is InChI=1S/C13H15N5O4/c1-3-18-10-5-4-8(6-9(10)16-17-18)12(20)22-7-11(19)15-13(21)14-2/h4-6H,3,7H2,1-2H3,(H2,14,15,19,21). The second kappa shape index (κ2) is 6.66. The van der Waals surface area contributed by atoms with Gasteiger partial charge in [0, 0.05) is 13.6 Å². The number of benzene rings is 1. The maximum Gasteiger partial charge on any atom is 0.338 e. The van der Waals surface area contributed by atoms with Crippen LogP contribution in [0.4, 0.5) is 4.79 Å². The van der Waals surface area contributed by atoms with Crippen molar-refractivity contribution in [2.75, 3.05) is 13.7 Å². The lowest BCUT2D eigenvalue weighted by Crippen LogP contribution is -2.39. The summed E-state index contributed by atoms with van der Waals surface area (Å²) in [5, 5.41) is 12.1. The minimum atomic E-state index is -0.717. The Labute approximate surface area is 125 Å². The molecule has 9 heteroatoms. The number of imide groups is 1. The second-order valence-corrected chi connectivity index (χ2v) is 4.31. The first-order chi connectivity index (χ1) is 10.5. The van der Waals surface area contributed by atoms with Crippen molar-refractivity contribution in [3.63, 3.8) is 0 Å². The molecular formula is C13H15N5O4.